The minimum atomic E-state index is -6.22. The lowest BCUT2D eigenvalue weighted by Crippen LogP contribution is -2.45. The van der Waals surface area contributed by atoms with Crippen molar-refractivity contribution in [3.63, 3.8) is 0 Å². The first-order valence-corrected chi connectivity index (χ1v) is 26.8. The Balaban J connectivity index is 0.938. The predicted octanol–water partition coefficient (Wildman–Crippen LogP) is -5.15. The molecule has 416 valence electrons. The molecule has 8 heterocycles. The molecule has 0 radical (unpaired) electrons. The van der Waals surface area contributed by atoms with Gasteiger partial charge in [-0.2, -0.15) is 4.31 Å². The topological polar surface area (TPSA) is 504 Å². The van der Waals surface area contributed by atoms with Crippen LogP contribution in [0.15, 0.2) is 45.6 Å². The Labute approximate surface area is 424 Å². The second-order valence-corrected chi connectivity index (χ2v) is 22.3. The molecule has 0 spiro atoms. The number of phosphoric ester groups is 2. The average molecular weight is 1140 g/mol. The van der Waals surface area contributed by atoms with Gasteiger partial charge in [-0.05, 0) is 0 Å². The van der Waals surface area contributed by atoms with Gasteiger partial charge in [-0.25, -0.2) is 37.8 Å². The van der Waals surface area contributed by atoms with Gasteiger partial charge in [0.25, 0.3) is 24.9 Å². The highest BCUT2D eigenvalue weighted by atomic mass is 31.3. The quantitative estimate of drug-likeness (QED) is 0.0257. The number of nitrogens with zero attached hydrogens (tertiary/aromatic N) is 9. The number of hydrogen-bond acceptors (Lipinski definition) is 26. The Morgan fingerprint density at radius 3 is 2.29 bits per heavy atom. The van der Waals surface area contributed by atoms with Gasteiger partial charge in [0.15, 0.2) is 30.2 Å². The van der Waals surface area contributed by atoms with Crippen molar-refractivity contribution in [2.45, 2.75) is 74.3 Å². The van der Waals surface area contributed by atoms with E-state index < -0.39 is 158 Å². The number of imidazole rings is 2. The first kappa shape index (κ1) is 56.5. The lowest BCUT2D eigenvalue weighted by Gasteiger charge is -2.27. The molecular formula is C37H51N14O22P3. The molecule has 8 rings (SSSR count). The van der Waals surface area contributed by atoms with Crippen molar-refractivity contribution in [1.82, 2.24) is 53.8 Å². The van der Waals surface area contributed by atoms with Crippen molar-refractivity contribution in [3.8, 4) is 0 Å². The van der Waals surface area contributed by atoms with Crippen LogP contribution in [-0.4, -0.2) is 169 Å². The molecular weight excluding hydrogens is 1090 g/mol. The van der Waals surface area contributed by atoms with Crippen molar-refractivity contribution < 1.29 is 94.5 Å². The van der Waals surface area contributed by atoms with Crippen LogP contribution in [0, 0.1) is 11.8 Å². The van der Waals surface area contributed by atoms with E-state index in [2.05, 4.69) is 38.9 Å². The van der Waals surface area contributed by atoms with E-state index in [4.69, 9.17) is 39.5 Å². The lowest BCUT2D eigenvalue weighted by atomic mass is 9.93. The molecule has 15 atom stereocenters. The van der Waals surface area contributed by atoms with Gasteiger partial charge in [-0.3, -0.25) is 51.9 Å². The summed E-state index contributed by atoms with van der Waals surface area (Å²) < 4.78 is 86.0. The second-order valence-electron chi connectivity index (χ2n) is 17.7. The molecule has 36 nitrogen and oxygen atoms in total. The number of fused-ring (bicyclic) bond motifs is 2. The molecule has 5 aromatic rings. The van der Waals surface area contributed by atoms with E-state index in [1.54, 1.807) is 0 Å². The number of nitrogens with one attached hydrogen (secondary N) is 3. The van der Waals surface area contributed by atoms with Crippen molar-refractivity contribution in [2.75, 3.05) is 52.4 Å². The third kappa shape index (κ3) is 11.9. The van der Waals surface area contributed by atoms with Gasteiger partial charge < -0.3 is 75.2 Å². The minimum Gasteiger partial charge on any atom is -0.756 e. The maximum atomic E-state index is 13.6. The summed E-state index contributed by atoms with van der Waals surface area (Å²) in [5.74, 6) is -4.08. The smallest absolute Gasteiger partial charge is 0.487 e. The number of carbonyl (C=O) groups excluding carboxylic acids is 2. The van der Waals surface area contributed by atoms with Crippen LogP contribution in [0.5, 0.6) is 0 Å². The number of nitrogen functional groups attached to an aromatic ring is 2. The summed E-state index contributed by atoms with van der Waals surface area (Å²) >= 11 is 0. The number of carbonyl (C=O) groups is 2. The highest BCUT2D eigenvalue weighted by Crippen LogP contribution is 2.67. The molecule has 3 fully saturated rings. The third-order valence-corrected chi connectivity index (χ3v) is 16.7. The predicted molar refractivity (Wildman–Crippen MR) is 247 cm³/mol. The van der Waals surface area contributed by atoms with E-state index in [0.29, 0.717) is 0 Å². The van der Waals surface area contributed by atoms with E-state index in [0.717, 1.165) is 23.2 Å². The van der Waals surface area contributed by atoms with Crippen LogP contribution >= 0.6 is 23.5 Å². The van der Waals surface area contributed by atoms with Crippen LogP contribution in [0.2, 0.25) is 0 Å². The fourth-order valence-corrected chi connectivity index (χ4v) is 12.4. The van der Waals surface area contributed by atoms with E-state index in [1.807, 2.05) is 4.98 Å². The summed E-state index contributed by atoms with van der Waals surface area (Å²) in [6.07, 6.45) is -10.9. The number of H-pyrrole nitrogens is 2. The van der Waals surface area contributed by atoms with Crippen LogP contribution in [0.1, 0.15) is 31.5 Å². The van der Waals surface area contributed by atoms with Crippen LogP contribution in [0.3, 0.4) is 0 Å². The van der Waals surface area contributed by atoms with Crippen LogP contribution in [0.25, 0.3) is 22.3 Å². The Hall–Kier alpha value is -5.75. The summed E-state index contributed by atoms with van der Waals surface area (Å²) in [5, 5.41) is 35.3. The molecule has 3 saturated heterocycles. The maximum Gasteiger partial charge on any atom is 0.487 e. The van der Waals surface area contributed by atoms with Crippen LogP contribution in [0.4, 0.5) is 11.8 Å². The van der Waals surface area contributed by atoms with Crippen molar-refractivity contribution in [3.05, 3.63) is 62.4 Å². The number of aromatic amines is 2. The highest BCUT2D eigenvalue weighted by molar-refractivity contribution is 7.66. The lowest BCUT2D eigenvalue weighted by molar-refractivity contribution is -0.745. The van der Waals surface area contributed by atoms with Gasteiger partial charge in [0.2, 0.25) is 23.6 Å². The normalized spacial score (nSPS) is 29.1. The van der Waals surface area contributed by atoms with E-state index in [1.165, 1.54) is 59.5 Å². The molecule has 3 aliphatic heterocycles. The summed E-state index contributed by atoms with van der Waals surface area (Å²) in [5.41, 5.74) is 9.54. The number of aliphatic hydroxyl groups is 3. The first-order chi connectivity index (χ1) is 35.7. The van der Waals surface area contributed by atoms with Gasteiger partial charge in [0.05, 0.1) is 38.8 Å². The fraction of sp³-hybridized carbons (Fsp3) is 0.568. The zero-order valence-electron chi connectivity index (χ0n) is 40.0. The number of aromatic nitrogens is 10. The average Bonchev–Trinajstić information content (AvgIpc) is 4.16. The highest BCUT2D eigenvalue weighted by Gasteiger charge is 2.52. The first-order valence-electron chi connectivity index (χ1n) is 22.4. The van der Waals surface area contributed by atoms with Gasteiger partial charge in [-0.1, -0.05) is 4.98 Å². The zero-order valence-corrected chi connectivity index (χ0v) is 42.7. The number of aryl methyl sites for hydroxylation is 1. The molecule has 0 bridgehead atoms. The Morgan fingerprint density at radius 2 is 1.59 bits per heavy atom. The fourth-order valence-electron chi connectivity index (χ4n) is 8.95. The number of amides is 2. The molecule has 39 heteroatoms. The number of rotatable bonds is 20. The number of hydrogen-bond donors (Lipinski definition) is 10. The number of methoxy groups -OCH3 is 1. The number of anilines is 2. The van der Waals surface area contributed by atoms with Crippen molar-refractivity contribution in [1.29, 1.82) is 0 Å². The molecule has 4 unspecified atom stereocenters. The summed E-state index contributed by atoms with van der Waals surface area (Å²) in [7, 11) is -12.7. The Bertz CT molecular complexity index is 3330. The van der Waals surface area contributed by atoms with E-state index >= 15 is 0 Å². The molecule has 3 aliphatic rings. The molecule has 0 aromatic carbocycles. The van der Waals surface area contributed by atoms with Gasteiger partial charge in [0, 0.05) is 64.7 Å². The van der Waals surface area contributed by atoms with E-state index in [-0.39, 0.29) is 34.1 Å². The van der Waals surface area contributed by atoms with E-state index in [9.17, 15) is 67.7 Å². The van der Waals surface area contributed by atoms with Crippen LogP contribution < -0.4 is 43.1 Å². The van der Waals surface area contributed by atoms with Gasteiger partial charge >= 0.3 is 27.0 Å². The largest absolute Gasteiger partial charge is 0.756 e. The minimum absolute atomic E-state index is 0.00330. The number of aliphatic hydroxyl groups excluding tert-OH is 3. The molecule has 76 heavy (non-hydrogen) atoms. The standard InChI is InChI=1S/C37H51N14O22P3/c1-47(2)22(54)8-15-18(70-33(25(15)55)51-14-48(3)24-31(51)45-36(39)46-32(24)58)10-67-74(60,61)72-76(64,65)73-75(62,63)68-11-19-16(28(66-4)35(71-19)50-13-43-23-29(38)41-12-42-30(23)50)7-21(53)40-9-17-26(56)27(57)34(69-17)49-6-5-20(52)44-37(49)59/h5-6,12-19,25-28,33-35,55-57H,7-11H2,1-4H3,(H9-,38,39,40,41,42,44,45,46,52,53,58,59,60,61,62,63,64,65)/t15-,16-,17-,18-,19?,25-,26-,27-,28-,33-,34-,35-/m1/s1. The molecule has 5 aromatic heterocycles. The Kier molecular flexibility index (Phi) is 16.3. The SMILES string of the molecule is CO[C@@H]1[C@H](CC(=O)NC[C@H]2O[C@@H](n3ccc(=O)[nH]c3=O)[C@H](O)[C@@H]2O)C(COP(=O)(O)OP(=O)(O)OP(=O)([O-])OC[C@H]2O[C@@H]([n+]3cn(C)c4c(=O)[nH]c(N)nc43)[C@H](O)[C@@H]2CC(=O)N(C)C)O[C@H]1n1cnc2c(N)ncnc21. The number of nitrogens with two attached hydrogens (primary N) is 2. The Morgan fingerprint density at radius 1 is 0.895 bits per heavy atom. The van der Waals surface area contributed by atoms with Crippen LogP contribution in [-0.2, 0) is 66.9 Å². The monoisotopic (exact) mass is 1140 g/mol. The third-order valence-electron chi connectivity index (χ3n) is 12.5. The summed E-state index contributed by atoms with van der Waals surface area (Å²) in [4.78, 5) is 119. The van der Waals surface area contributed by atoms with Crippen molar-refractivity contribution in [2.24, 2.45) is 18.9 Å². The molecule has 2 amide bonds. The number of ether oxygens (including phenoxy) is 4. The van der Waals surface area contributed by atoms with Crippen molar-refractivity contribution >= 4 is 69.4 Å². The van der Waals surface area contributed by atoms with Gasteiger partial charge in [0.1, 0.15) is 42.4 Å². The second kappa shape index (κ2) is 21.9. The summed E-state index contributed by atoms with van der Waals surface area (Å²) in [6.45, 7) is -2.61. The maximum absolute atomic E-state index is 13.6. The molecule has 0 aliphatic carbocycles. The molecule has 12 N–H and O–H groups in total. The summed E-state index contributed by atoms with van der Waals surface area (Å²) in [6, 6.07) is 0.983. The zero-order chi connectivity index (χ0) is 55.3. The van der Waals surface area contributed by atoms with Gasteiger partial charge in [-0.15, -0.1) is 0 Å². The number of phosphoric acid groups is 3. The molecule has 0 saturated carbocycles.